The van der Waals surface area contributed by atoms with E-state index in [2.05, 4.69) is 4.98 Å². The first-order valence-corrected chi connectivity index (χ1v) is 6.06. The van der Waals surface area contributed by atoms with E-state index >= 15 is 0 Å². The maximum Gasteiger partial charge on any atom is 0.416 e. The number of fused-ring (bicyclic) bond motifs is 1. The Balaban J connectivity index is 2.10. The van der Waals surface area contributed by atoms with Gasteiger partial charge in [0.25, 0.3) is 0 Å². The van der Waals surface area contributed by atoms with Crippen LogP contribution in [-0.2, 0) is 6.18 Å². The molecular weight excluding hydrogens is 263 g/mol. The summed E-state index contributed by atoms with van der Waals surface area (Å²) in [5.41, 5.74) is 1.55. The van der Waals surface area contributed by atoms with Crippen molar-refractivity contribution in [2.75, 3.05) is 0 Å². The highest BCUT2D eigenvalue weighted by Crippen LogP contribution is 2.31. The molecule has 0 bridgehead atoms. The predicted octanol–water partition coefficient (Wildman–Crippen LogP) is 4.92. The van der Waals surface area contributed by atoms with Gasteiger partial charge in [-0.05, 0) is 23.8 Å². The van der Waals surface area contributed by atoms with Gasteiger partial charge in [0, 0.05) is 17.1 Å². The van der Waals surface area contributed by atoms with Gasteiger partial charge in [-0.2, -0.15) is 13.2 Å². The second-order valence-corrected chi connectivity index (χ2v) is 4.50. The van der Waals surface area contributed by atoms with Crippen LogP contribution in [0.4, 0.5) is 13.2 Å². The number of benzene rings is 2. The van der Waals surface area contributed by atoms with Crippen LogP contribution in [0.5, 0.6) is 0 Å². The van der Waals surface area contributed by atoms with E-state index in [-0.39, 0.29) is 0 Å². The summed E-state index contributed by atoms with van der Waals surface area (Å²) >= 11 is 0. The Kier molecular flexibility index (Phi) is 2.93. The topological polar surface area (TPSA) is 12.9 Å². The van der Waals surface area contributed by atoms with Crippen molar-refractivity contribution in [3.05, 3.63) is 66.4 Å². The number of pyridine rings is 1. The summed E-state index contributed by atoms with van der Waals surface area (Å²) < 4.78 is 37.9. The van der Waals surface area contributed by atoms with Crippen molar-refractivity contribution >= 4 is 10.9 Å². The molecule has 100 valence electrons. The molecule has 1 nitrogen and oxygen atoms in total. The molecule has 3 aromatic rings. The zero-order chi connectivity index (χ0) is 14.2. The zero-order valence-corrected chi connectivity index (χ0v) is 10.4. The first-order valence-electron chi connectivity index (χ1n) is 6.06. The van der Waals surface area contributed by atoms with E-state index in [0.29, 0.717) is 10.9 Å². The van der Waals surface area contributed by atoms with Crippen LogP contribution < -0.4 is 0 Å². The van der Waals surface area contributed by atoms with E-state index in [4.69, 9.17) is 0 Å². The van der Waals surface area contributed by atoms with E-state index in [1.54, 1.807) is 6.20 Å². The van der Waals surface area contributed by atoms with Gasteiger partial charge < -0.3 is 0 Å². The Morgan fingerprint density at radius 2 is 1.55 bits per heavy atom. The Bertz CT molecular complexity index is 749. The van der Waals surface area contributed by atoms with Crippen LogP contribution in [-0.4, -0.2) is 4.98 Å². The number of hydrogen-bond donors (Lipinski definition) is 0. The largest absolute Gasteiger partial charge is 0.416 e. The standard InChI is InChI=1S/C16H10F3N/c17-16(18,19)14-7-6-12-8-13(10-20-15(12)9-14)11-4-2-1-3-5-11/h1-10H. The molecule has 1 heterocycles. The lowest BCUT2D eigenvalue weighted by atomic mass is 10.0. The second kappa shape index (κ2) is 4.63. The molecule has 0 amide bonds. The van der Waals surface area contributed by atoms with Crippen molar-refractivity contribution in [3.63, 3.8) is 0 Å². The van der Waals surface area contributed by atoms with Crippen LogP contribution >= 0.6 is 0 Å². The van der Waals surface area contributed by atoms with Gasteiger partial charge in [-0.1, -0.05) is 36.4 Å². The normalized spacial score (nSPS) is 11.8. The quantitative estimate of drug-likeness (QED) is 0.613. The highest BCUT2D eigenvalue weighted by molar-refractivity contribution is 5.84. The molecule has 4 heteroatoms. The van der Waals surface area contributed by atoms with Crippen LogP contribution in [0, 0.1) is 0 Å². The molecule has 0 spiro atoms. The Labute approximate surface area is 113 Å². The lowest BCUT2D eigenvalue weighted by molar-refractivity contribution is -0.137. The third-order valence-electron chi connectivity index (χ3n) is 3.12. The van der Waals surface area contributed by atoms with Gasteiger partial charge in [-0.15, -0.1) is 0 Å². The summed E-state index contributed by atoms with van der Waals surface area (Å²) in [6.07, 6.45) is -2.74. The monoisotopic (exact) mass is 273 g/mol. The van der Waals surface area contributed by atoms with E-state index in [9.17, 15) is 13.2 Å². The molecule has 0 aliphatic heterocycles. The number of hydrogen-bond acceptors (Lipinski definition) is 1. The van der Waals surface area contributed by atoms with Crippen molar-refractivity contribution in [2.24, 2.45) is 0 Å². The number of aromatic nitrogens is 1. The van der Waals surface area contributed by atoms with Crippen molar-refractivity contribution in [1.82, 2.24) is 4.98 Å². The lowest BCUT2D eigenvalue weighted by Gasteiger charge is -2.08. The van der Waals surface area contributed by atoms with E-state index in [0.717, 1.165) is 23.3 Å². The van der Waals surface area contributed by atoms with Gasteiger partial charge in [0.2, 0.25) is 0 Å². The first-order chi connectivity index (χ1) is 9.54. The molecular formula is C16H10F3N. The SMILES string of the molecule is FC(F)(F)c1ccc2cc(-c3ccccc3)cnc2c1. The molecule has 1 aromatic heterocycles. The first kappa shape index (κ1) is 12.7. The Morgan fingerprint density at radius 3 is 2.25 bits per heavy atom. The highest BCUT2D eigenvalue weighted by Gasteiger charge is 2.30. The van der Waals surface area contributed by atoms with Crippen molar-refractivity contribution < 1.29 is 13.2 Å². The van der Waals surface area contributed by atoms with Gasteiger partial charge in [0.05, 0.1) is 11.1 Å². The average molecular weight is 273 g/mol. The summed E-state index contributed by atoms with van der Waals surface area (Å²) in [5, 5.41) is 0.694. The Morgan fingerprint density at radius 1 is 0.800 bits per heavy atom. The summed E-state index contributed by atoms with van der Waals surface area (Å²) in [4.78, 5) is 4.13. The van der Waals surface area contributed by atoms with Crippen molar-refractivity contribution in [3.8, 4) is 11.1 Å². The third kappa shape index (κ3) is 2.37. The molecule has 0 radical (unpaired) electrons. The minimum atomic E-state index is -4.34. The maximum atomic E-state index is 12.6. The van der Waals surface area contributed by atoms with Crippen molar-refractivity contribution in [2.45, 2.75) is 6.18 Å². The average Bonchev–Trinajstić information content (AvgIpc) is 2.46. The van der Waals surface area contributed by atoms with Crippen molar-refractivity contribution in [1.29, 1.82) is 0 Å². The summed E-state index contributed by atoms with van der Waals surface area (Å²) in [7, 11) is 0. The van der Waals surface area contributed by atoms with E-state index in [1.807, 2.05) is 36.4 Å². The van der Waals surface area contributed by atoms with E-state index < -0.39 is 11.7 Å². The number of alkyl halides is 3. The molecule has 0 fully saturated rings. The third-order valence-corrected chi connectivity index (χ3v) is 3.12. The molecule has 20 heavy (non-hydrogen) atoms. The van der Waals surface area contributed by atoms with Gasteiger partial charge in [-0.3, -0.25) is 4.98 Å². The molecule has 0 aliphatic rings. The van der Waals surface area contributed by atoms with Crippen LogP contribution in [0.15, 0.2) is 60.8 Å². The van der Waals surface area contributed by atoms with E-state index in [1.165, 1.54) is 6.07 Å². The molecule has 0 saturated carbocycles. The molecule has 0 atom stereocenters. The molecule has 3 rings (SSSR count). The maximum absolute atomic E-state index is 12.6. The minimum Gasteiger partial charge on any atom is -0.256 e. The molecule has 0 aliphatic carbocycles. The van der Waals surface area contributed by atoms with Crippen LogP contribution in [0.3, 0.4) is 0 Å². The predicted molar refractivity (Wildman–Crippen MR) is 72.2 cm³/mol. The number of halogens is 3. The Hall–Kier alpha value is -2.36. The molecule has 0 N–H and O–H groups in total. The summed E-state index contributed by atoms with van der Waals surface area (Å²) in [6, 6.07) is 15.1. The fourth-order valence-electron chi connectivity index (χ4n) is 2.09. The molecule has 2 aromatic carbocycles. The number of rotatable bonds is 1. The van der Waals surface area contributed by atoms with Gasteiger partial charge in [-0.25, -0.2) is 0 Å². The fourth-order valence-corrected chi connectivity index (χ4v) is 2.09. The highest BCUT2D eigenvalue weighted by atomic mass is 19.4. The molecule has 0 saturated heterocycles. The van der Waals surface area contributed by atoms with Crippen LogP contribution in [0.2, 0.25) is 0 Å². The molecule has 0 unspecified atom stereocenters. The lowest BCUT2D eigenvalue weighted by Crippen LogP contribution is -2.04. The van der Waals surface area contributed by atoms with Crippen LogP contribution in [0.1, 0.15) is 5.56 Å². The van der Waals surface area contributed by atoms with Gasteiger partial charge in [0.1, 0.15) is 0 Å². The fraction of sp³-hybridized carbons (Fsp3) is 0.0625. The zero-order valence-electron chi connectivity index (χ0n) is 10.4. The number of nitrogens with zero attached hydrogens (tertiary/aromatic N) is 1. The summed E-state index contributed by atoms with van der Waals surface area (Å²) in [6.45, 7) is 0. The second-order valence-electron chi connectivity index (χ2n) is 4.50. The minimum absolute atomic E-state index is 0.347. The summed E-state index contributed by atoms with van der Waals surface area (Å²) in [5.74, 6) is 0. The van der Waals surface area contributed by atoms with Gasteiger partial charge in [0.15, 0.2) is 0 Å². The smallest absolute Gasteiger partial charge is 0.256 e. The van der Waals surface area contributed by atoms with Crippen LogP contribution in [0.25, 0.3) is 22.0 Å². The van der Waals surface area contributed by atoms with Gasteiger partial charge >= 0.3 is 6.18 Å².